The van der Waals surface area contributed by atoms with Crippen LogP contribution in [-0.4, -0.2) is 47.5 Å². The fourth-order valence-electron chi connectivity index (χ4n) is 2.90. The molecule has 1 aromatic heterocycles. The zero-order chi connectivity index (χ0) is 21.1. The third-order valence-corrected chi connectivity index (χ3v) is 4.96. The van der Waals surface area contributed by atoms with Gasteiger partial charge in [-0.05, 0) is 43.2 Å². The molecule has 0 radical (unpaired) electrons. The summed E-state index contributed by atoms with van der Waals surface area (Å²) in [5, 5.41) is 15.1. The number of rotatable bonds is 11. The van der Waals surface area contributed by atoms with Crippen LogP contribution >= 0.6 is 24.0 Å². The summed E-state index contributed by atoms with van der Waals surface area (Å²) >= 11 is 0. The topological polar surface area (TPSA) is 76.4 Å². The molecule has 2 N–H and O–H groups in total. The lowest BCUT2D eigenvalue weighted by Crippen LogP contribution is -2.38. The second-order valence-electron chi connectivity index (χ2n) is 7.59. The Labute approximate surface area is 198 Å². The van der Waals surface area contributed by atoms with Gasteiger partial charge in [0.05, 0.1) is 0 Å². The van der Waals surface area contributed by atoms with Crippen LogP contribution in [0.5, 0.6) is 0 Å². The summed E-state index contributed by atoms with van der Waals surface area (Å²) in [7, 11) is 3.68. The molecule has 168 valence electrons. The van der Waals surface area contributed by atoms with Crippen molar-refractivity contribution in [3.05, 3.63) is 47.0 Å². The smallest absolute Gasteiger partial charge is 0.191 e. The van der Waals surface area contributed by atoms with Crippen molar-refractivity contribution in [3.8, 4) is 0 Å². The lowest BCUT2D eigenvalue weighted by molar-refractivity contribution is 0.195. The van der Waals surface area contributed by atoms with Crippen LogP contribution in [0.15, 0.2) is 29.3 Å². The van der Waals surface area contributed by atoms with Crippen LogP contribution in [0.3, 0.4) is 0 Å². The van der Waals surface area contributed by atoms with Crippen LogP contribution in [0, 0.1) is 6.92 Å². The van der Waals surface area contributed by atoms with E-state index in [4.69, 9.17) is 4.74 Å². The van der Waals surface area contributed by atoms with Crippen molar-refractivity contribution in [2.75, 3.05) is 26.8 Å². The van der Waals surface area contributed by atoms with Crippen LogP contribution in [0.4, 0.5) is 0 Å². The van der Waals surface area contributed by atoms with Gasteiger partial charge in [0.1, 0.15) is 12.4 Å². The Morgan fingerprint density at radius 1 is 1.10 bits per heavy atom. The maximum Gasteiger partial charge on any atom is 0.191 e. The van der Waals surface area contributed by atoms with Crippen LogP contribution in [0.2, 0.25) is 0 Å². The van der Waals surface area contributed by atoms with Gasteiger partial charge in [0.25, 0.3) is 0 Å². The summed E-state index contributed by atoms with van der Waals surface area (Å²) < 4.78 is 7.09. The first kappa shape index (κ1) is 26.4. The highest BCUT2D eigenvalue weighted by Gasteiger charge is 2.05. The van der Waals surface area contributed by atoms with E-state index >= 15 is 0 Å². The molecule has 0 saturated heterocycles. The largest absolute Gasteiger partial charge is 0.385 e. The summed E-state index contributed by atoms with van der Waals surface area (Å²) in [4.78, 5) is 4.67. The number of guanidine groups is 1. The Hall–Kier alpha value is -1.68. The van der Waals surface area contributed by atoms with Crippen molar-refractivity contribution >= 4 is 29.9 Å². The Kier molecular flexibility index (Phi) is 12.6. The van der Waals surface area contributed by atoms with E-state index in [0.717, 1.165) is 56.6 Å². The fourth-order valence-corrected chi connectivity index (χ4v) is 2.90. The van der Waals surface area contributed by atoms with E-state index in [-0.39, 0.29) is 24.0 Å². The monoisotopic (exact) mass is 528 g/mol. The van der Waals surface area contributed by atoms with Crippen molar-refractivity contribution in [1.82, 2.24) is 25.4 Å². The highest BCUT2D eigenvalue weighted by molar-refractivity contribution is 14.0. The molecule has 0 unspecified atom stereocenters. The molecule has 0 aliphatic heterocycles. The zero-order valence-corrected chi connectivity index (χ0v) is 21.3. The van der Waals surface area contributed by atoms with Crippen molar-refractivity contribution in [1.29, 1.82) is 0 Å². The van der Waals surface area contributed by atoms with E-state index in [1.54, 1.807) is 7.11 Å². The number of halogens is 1. The highest BCUT2D eigenvalue weighted by atomic mass is 127. The molecule has 1 aromatic carbocycles. The van der Waals surface area contributed by atoms with Crippen molar-refractivity contribution in [2.45, 2.75) is 52.5 Å². The van der Waals surface area contributed by atoms with Crippen LogP contribution in [-0.2, 0) is 24.8 Å². The highest BCUT2D eigenvalue weighted by Crippen LogP contribution is 2.15. The van der Waals surface area contributed by atoms with Gasteiger partial charge in [0.15, 0.2) is 11.8 Å². The zero-order valence-electron chi connectivity index (χ0n) is 18.9. The number of nitrogens with zero attached hydrogens (tertiary/aromatic N) is 4. The predicted octanol–water partition coefficient (Wildman–Crippen LogP) is 3.57. The lowest BCUT2D eigenvalue weighted by atomic mass is 10.0. The van der Waals surface area contributed by atoms with Gasteiger partial charge < -0.3 is 19.9 Å². The number of aryl methyl sites for hydroxylation is 2. The maximum absolute atomic E-state index is 5.12. The fraction of sp³-hybridized carbons (Fsp3) is 0.591. The van der Waals surface area contributed by atoms with Gasteiger partial charge in [0.2, 0.25) is 0 Å². The number of benzene rings is 1. The molecule has 0 bridgehead atoms. The first-order valence-electron chi connectivity index (χ1n) is 10.5. The molecule has 8 heteroatoms. The summed E-state index contributed by atoms with van der Waals surface area (Å²) in [6, 6.07) is 8.95. The first-order chi connectivity index (χ1) is 14.0. The number of methoxy groups -OCH3 is 1. The molecule has 0 aliphatic rings. The third-order valence-electron chi connectivity index (χ3n) is 4.96. The van der Waals surface area contributed by atoms with E-state index in [1.165, 1.54) is 11.1 Å². The molecular weight excluding hydrogens is 491 g/mol. The molecule has 2 rings (SSSR count). The summed E-state index contributed by atoms with van der Waals surface area (Å²) in [5.41, 5.74) is 2.76. The number of aliphatic imine (C=N–C) groups is 1. The minimum absolute atomic E-state index is 0. The molecular formula is C22H37IN6O. The Bertz CT molecular complexity index is 757. The molecule has 0 amide bonds. The molecule has 0 fully saturated rings. The van der Waals surface area contributed by atoms with E-state index in [1.807, 2.05) is 18.5 Å². The molecule has 1 heterocycles. The van der Waals surface area contributed by atoms with Crippen LogP contribution in [0.25, 0.3) is 0 Å². The summed E-state index contributed by atoms with van der Waals surface area (Å²) in [6.07, 6.45) is 3.02. The first-order valence-corrected chi connectivity index (χ1v) is 10.5. The number of nitrogens with one attached hydrogen (secondary N) is 2. The lowest BCUT2D eigenvalue weighted by Gasteiger charge is -2.13. The Morgan fingerprint density at radius 2 is 1.77 bits per heavy atom. The minimum Gasteiger partial charge on any atom is -0.385 e. The average molecular weight is 528 g/mol. The molecule has 2 aromatic rings. The van der Waals surface area contributed by atoms with Gasteiger partial charge in [0, 0.05) is 33.9 Å². The summed E-state index contributed by atoms with van der Waals surface area (Å²) in [5.74, 6) is 3.12. The maximum atomic E-state index is 5.12. The van der Waals surface area contributed by atoms with E-state index in [9.17, 15) is 0 Å². The number of ether oxygens (including phenoxy) is 1. The number of hydrogen-bond donors (Lipinski definition) is 2. The van der Waals surface area contributed by atoms with Gasteiger partial charge in [-0.15, -0.1) is 34.2 Å². The minimum atomic E-state index is 0. The van der Waals surface area contributed by atoms with Gasteiger partial charge in [-0.25, -0.2) is 4.99 Å². The SMILES string of the molecule is COCCCNC(=NCc1nnc(C)n1C)NCCCc1ccc(C(C)C)cc1.I. The standard InChI is InChI=1S/C22H36N6O.HI/c1-17(2)20-11-9-19(10-12-20)8-6-13-23-22(24-14-7-15-29-5)25-16-21-27-26-18(3)28(21)4;/h9-12,17H,6-8,13-16H2,1-5H3,(H2,23,24,25);1H. The second kappa shape index (κ2) is 14.3. The average Bonchev–Trinajstić information content (AvgIpc) is 3.04. The quantitative estimate of drug-likeness (QED) is 0.202. The van der Waals surface area contributed by atoms with Crippen molar-refractivity contribution in [2.24, 2.45) is 12.0 Å². The molecule has 0 aliphatic carbocycles. The van der Waals surface area contributed by atoms with Crippen LogP contribution in [0.1, 0.15) is 55.4 Å². The van der Waals surface area contributed by atoms with E-state index in [2.05, 4.69) is 63.9 Å². The Morgan fingerprint density at radius 3 is 2.33 bits per heavy atom. The van der Waals surface area contributed by atoms with Crippen molar-refractivity contribution in [3.63, 3.8) is 0 Å². The van der Waals surface area contributed by atoms with E-state index < -0.39 is 0 Å². The van der Waals surface area contributed by atoms with Gasteiger partial charge in [-0.2, -0.15) is 0 Å². The molecule has 0 atom stereocenters. The molecule has 7 nitrogen and oxygen atoms in total. The number of aromatic nitrogens is 3. The van der Waals surface area contributed by atoms with E-state index in [0.29, 0.717) is 12.5 Å². The van der Waals surface area contributed by atoms with Gasteiger partial charge in [-0.1, -0.05) is 38.1 Å². The Balaban J connectivity index is 0.00000450. The van der Waals surface area contributed by atoms with Gasteiger partial charge >= 0.3 is 0 Å². The second-order valence-corrected chi connectivity index (χ2v) is 7.59. The molecule has 30 heavy (non-hydrogen) atoms. The third kappa shape index (κ3) is 8.99. The molecule has 0 spiro atoms. The summed E-state index contributed by atoms with van der Waals surface area (Å²) in [6.45, 7) is 9.29. The normalized spacial score (nSPS) is 11.5. The molecule has 0 saturated carbocycles. The predicted molar refractivity (Wildman–Crippen MR) is 134 cm³/mol. The van der Waals surface area contributed by atoms with Crippen LogP contribution < -0.4 is 10.6 Å². The van der Waals surface area contributed by atoms with Gasteiger partial charge in [-0.3, -0.25) is 0 Å². The number of hydrogen-bond acceptors (Lipinski definition) is 4. The van der Waals surface area contributed by atoms with Crippen molar-refractivity contribution < 1.29 is 4.74 Å².